The molecule has 2 saturated heterocycles. The first kappa shape index (κ1) is 21.4. The van der Waals surface area contributed by atoms with E-state index >= 15 is 0 Å². The van der Waals surface area contributed by atoms with Crippen LogP contribution in [-0.2, 0) is 11.3 Å². The van der Waals surface area contributed by atoms with Crippen LogP contribution in [0.25, 0.3) is 0 Å². The number of nitrogens with zero attached hydrogens (tertiary/aromatic N) is 5. The van der Waals surface area contributed by atoms with E-state index in [0.717, 1.165) is 56.4 Å². The molecule has 2 aliphatic rings. The molecule has 0 aromatic carbocycles. The lowest BCUT2D eigenvalue weighted by Crippen LogP contribution is -2.45. The van der Waals surface area contributed by atoms with E-state index in [1.165, 1.54) is 0 Å². The van der Waals surface area contributed by atoms with Gasteiger partial charge in [0.15, 0.2) is 0 Å². The molecule has 0 saturated carbocycles. The summed E-state index contributed by atoms with van der Waals surface area (Å²) < 4.78 is 0. The van der Waals surface area contributed by atoms with Gasteiger partial charge >= 0.3 is 0 Å². The first-order chi connectivity index (χ1) is 15.1. The van der Waals surface area contributed by atoms with E-state index in [4.69, 9.17) is 5.73 Å². The second-order valence-corrected chi connectivity index (χ2v) is 8.64. The molecular weight excluding hydrogens is 392 g/mol. The Kier molecular flexibility index (Phi) is 6.86. The van der Waals surface area contributed by atoms with Gasteiger partial charge in [-0.3, -0.25) is 14.7 Å². The summed E-state index contributed by atoms with van der Waals surface area (Å²) in [5.41, 5.74) is 7.80. The summed E-state index contributed by atoms with van der Waals surface area (Å²) in [6.45, 7) is 4.06. The van der Waals surface area contributed by atoms with E-state index in [1.54, 1.807) is 18.6 Å². The summed E-state index contributed by atoms with van der Waals surface area (Å²) in [5.74, 6) is 1.07. The molecule has 2 fully saturated rings. The van der Waals surface area contributed by atoms with Gasteiger partial charge in [-0.25, -0.2) is 4.98 Å². The van der Waals surface area contributed by atoms with Crippen LogP contribution in [0.15, 0.2) is 48.0 Å². The smallest absolute Gasteiger partial charge is 0.225 e. The maximum atomic E-state index is 13.1. The minimum atomic E-state index is -0.378. The topological polar surface area (TPSA) is 105 Å². The van der Waals surface area contributed by atoms with Gasteiger partial charge in [-0.2, -0.15) is 4.91 Å². The van der Waals surface area contributed by atoms with Crippen molar-refractivity contribution in [2.45, 2.75) is 38.3 Å². The third-order valence-electron chi connectivity index (χ3n) is 6.63. The normalized spacial score (nSPS) is 19.8. The number of nitrogens with two attached hydrogens (primary N) is 1. The van der Waals surface area contributed by atoms with Crippen LogP contribution >= 0.6 is 0 Å². The van der Waals surface area contributed by atoms with Gasteiger partial charge in [0.05, 0.1) is 0 Å². The van der Waals surface area contributed by atoms with Crippen molar-refractivity contribution >= 4 is 11.7 Å². The molecule has 4 heterocycles. The number of hydrogen-bond donors (Lipinski definition) is 1. The van der Waals surface area contributed by atoms with Crippen LogP contribution in [0.3, 0.4) is 0 Å². The number of amides is 1. The van der Waals surface area contributed by atoms with Crippen molar-refractivity contribution < 1.29 is 4.79 Å². The molecule has 0 spiro atoms. The molecule has 8 nitrogen and oxygen atoms in total. The van der Waals surface area contributed by atoms with Crippen molar-refractivity contribution in [3.8, 4) is 0 Å². The van der Waals surface area contributed by atoms with Gasteiger partial charge in [-0.05, 0) is 74.0 Å². The molecule has 31 heavy (non-hydrogen) atoms. The molecule has 8 heteroatoms. The minimum Gasteiger partial charge on any atom is -0.384 e. The standard InChI is InChI=1S/C23H30N6O2/c24-21-14-17(3-9-26-21)16-28-10-4-19(5-11-28)23(30)29-12-6-18(7-13-29)22(27-31)20-2-1-8-25-15-20/h1-3,8-9,14-15,18-19,22H,4-7,10-13,16H2,(H2,24,26). The van der Waals surface area contributed by atoms with E-state index < -0.39 is 0 Å². The molecule has 2 aromatic heterocycles. The first-order valence-electron chi connectivity index (χ1n) is 11.1. The van der Waals surface area contributed by atoms with Crippen LogP contribution in [-0.4, -0.2) is 51.9 Å². The molecular formula is C23H30N6O2. The SMILES string of the molecule is Nc1cc(CN2CCC(C(=O)N3CCC(C(N=O)c4cccnc4)CC3)CC2)ccn1. The summed E-state index contributed by atoms with van der Waals surface area (Å²) in [5, 5.41) is 3.38. The second kappa shape index (κ2) is 9.96. The lowest BCUT2D eigenvalue weighted by Gasteiger charge is -2.38. The van der Waals surface area contributed by atoms with Gasteiger partial charge < -0.3 is 10.6 Å². The van der Waals surface area contributed by atoms with Crippen LogP contribution in [0, 0.1) is 16.7 Å². The van der Waals surface area contributed by atoms with Crippen molar-refractivity contribution in [1.82, 2.24) is 19.8 Å². The monoisotopic (exact) mass is 422 g/mol. The predicted octanol–water partition coefficient (Wildman–Crippen LogP) is 3.02. The molecule has 2 aromatic rings. The van der Waals surface area contributed by atoms with E-state index in [0.29, 0.717) is 18.9 Å². The molecule has 4 rings (SSSR count). The molecule has 1 atom stereocenters. The van der Waals surface area contributed by atoms with Crippen LogP contribution in [0.5, 0.6) is 0 Å². The van der Waals surface area contributed by atoms with Crippen LogP contribution < -0.4 is 5.73 Å². The number of likely N-dealkylation sites (tertiary alicyclic amines) is 2. The van der Waals surface area contributed by atoms with Gasteiger partial charge in [-0.1, -0.05) is 11.2 Å². The number of rotatable bonds is 6. The zero-order valence-electron chi connectivity index (χ0n) is 17.8. The van der Waals surface area contributed by atoms with Gasteiger partial charge in [0.25, 0.3) is 0 Å². The molecule has 2 N–H and O–H groups in total. The number of anilines is 1. The van der Waals surface area contributed by atoms with Crippen LogP contribution in [0.1, 0.15) is 42.9 Å². The zero-order chi connectivity index (χ0) is 21.6. The summed E-state index contributed by atoms with van der Waals surface area (Å²) in [7, 11) is 0. The zero-order valence-corrected chi connectivity index (χ0v) is 17.8. The molecule has 1 amide bonds. The Morgan fingerprint density at radius 3 is 2.55 bits per heavy atom. The highest BCUT2D eigenvalue weighted by Crippen LogP contribution is 2.34. The highest BCUT2D eigenvalue weighted by molar-refractivity contribution is 5.79. The number of hydrogen-bond acceptors (Lipinski definition) is 7. The maximum absolute atomic E-state index is 13.1. The number of aromatic nitrogens is 2. The number of carbonyl (C=O) groups excluding carboxylic acids is 1. The third-order valence-corrected chi connectivity index (χ3v) is 6.63. The Morgan fingerprint density at radius 2 is 1.90 bits per heavy atom. The molecule has 164 valence electrons. The predicted molar refractivity (Wildman–Crippen MR) is 119 cm³/mol. The van der Waals surface area contributed by atoms with Crippen molar-refractivity contribution in [1.29, 1.82) is 0 Å². The number of pyridine rings is 2. The van der Waals surface area contributed by atoms with Crippen molar-refractivity contribution in [3.05, 3.63) is 58.9 Å². The second-order valence-electron chi connectivity index (χ2n) is 8.64. The van der Waals surface area contributed by atoms with E-state index in [2.05, 4.69) is 20.0 Å². The van der Waals surface area contributed by atoms with Crippen LogP contribution in [0.2, 0.25) is 0 Å². The van der Waals surface area contributed by atoms with Crippen molar-refractivity contribution in [3.63, 3.8) is 0 Å². The Balaban J connectivity index is 1.25. The summed E-state index contributed by atoms with van der Waals surface area (Å²) in [6.07, 6.45) is 8.53. The maximum Gasteiger partial charge on any atom is 0.225 e. The lowest BCUT2D eigenvalue weighted by atomic mass is 9.85. The van der Waals surface area contributed by atoms with Gasteiger partial charge in [0, 0.05) is 44.1 Å². The van der Waals surface area contributed by atoms with E-state index in [1.807, 2.05) is 29.2 Å². The van der Waals surface area contributed by atoms with Gasteiger partial charge in [0.1, 0.15) is 11.9 Å². The molecule has 2 aliphatic heterocycles. The largest absolute Gasteiger partial charge is 0.384 e. The molecule has 0 radical (unpaired) electrons. The summed E-state index contributed by atoms with van der Waals surface area (Å²) >= 11 is 0. The fourth-order valence-electron chi connectivity index (χ4n) is 4.85. The van der Waals surface area contributed by atoms with Gasteiger partial charge in [0.2, 0.25) is 5.91 Å². The average Bonchev–Trinajstić information content (AvgIpc) is 2.81. The Morgan fingerprint density at radius 1 is 1.13 bits per heavy atom. The third kappa shape index (κ3) is 5.25. The highest BCUT2D eigenvalue weighted by Gasteiger charge is 2.34. The average molecular weight is 423 g/mol. The first-order valence-corrected chi connectivity index (χ1v) is 11.1. The highest BCUT2D eigenvalue weighted by atomic mass is 16.3. The fraction of sp³-hybridized carbons (Fsp3) is 0.522. The van der Waals surface area contributed by atoms with Crippen molar-refractivity contribution in [2.24, 2.45) is 17.0 Å². The number of carbonyl (C=O) groups is 1. The molecule has 0 aliphatic carbocycles. The Hall–Kier alpha value is -2.87. The lowest BCUT2D eigenvalue weighted by molar-refractivity contribution is -0.138. The summed E-state index contributed by atoms with van der Waals surface area (Å²) in [6, 6.07) is 7.27. The Bertz CT molecular complexity index is 877. The molecule has 1 unspecified atom stereocenters. The van der Waals surface area contributed by atoms with Crippen LogP contribution in [0.4, 0.5) is 5.82 Å². The van der Waals surface area contributed by atoms with Gasteiger partial charge in [-0.15, -0.1) is 0 Å². The number of nitrogen functional groups attached to an aromatic ring is 1. The molecule has 0 bridgehead atoms. The Labute approximate surface area is 182 Å². The van der Waals surface area contributed by atoms with E-state index in [9.17, 15) is 9.70 Å². The fourth-order valence-corrected chi connectivity index (χ4v) is 4.85. The van der Waals surface area contributed by atoms with E-state index in [-0.39, 0.29) is 23.8 Å². The van der Waals surface area contributed by atoms with Crippen molar-refractivity contribution in [2.75, 3.05) is 31.9 Å². The quantitative estimate of drug-likeness (QED) is 0.718. The number of piperidine rings is 2. The number of nitroso groups, excluding NO2 is 1. The minimum absolute atomic E-state index is 0.0913. The summed E-state index contributed by atoms with van der Waals surface area (Å²) in [4.78, 5) is 37.1.